The average Bonchev–Trinajstić information content (AvgIpc) is 3.11. The largest absolute Gasteiger partial charge is 0.345 e. The molecule has 0 aliphatic carbocycles. The van der Waals surface area contributed by atoms with Crippen LogP contribution < -0.4 is 5.56 Å². The number of aryl methyl sites for hydroxylation is 1. The third-order valence-electron chi connectivity index (χ3n) is 5.15. The van der Waals surface area contributed by atoms with Crippen molar-refractivity contribution in [1.29, 1.82) is 0 Å². The van der Waals surface area contributed by atoms with Gasteiger partial charge >= 0.3 is 0 Å². The summed E-state index contributed by atoms with van der Waals surface area (Å²) in [5.74, 6) is 0.655. The maximum Gasteiger partial charge on any atom is 0.278 e. The van der Waals surface area contributed by atoms with Gasteiger partial charge < -0.3 is 4.98 Å². The second kappa shape index (κ2) is 8.28. The van der Waals surface area contributed by atoms with Crippen LogP contribution in [0.5, 0.6) is 0 Å². The minimum absolute atomic E-state index is 0.0730. The topological polar surface area (TPSA) is 50.7 Å². The minimum Gasteiger partial charge on any atom is -0.345 e. The van der Waals surface area contributed by atoms with Gasteiger partial charge in [-0.1, -0.05) is 90.1 Å². The highest BCUT2D eigenvalue weighted by Crippen LogP contribution is 2.33. The lowest BCUT2D eigenvalue weighted by Gasteiger charge is -2.13. The molecule has 4 nitrogen and oxygen atoms in total. The van der Waals surface area contributed by atoms with Crippen LogP contribution in [0.25, 0.3) is 17.1 Å². The van der Waals surface area contributed by atoms with Crippen molar-refractivity contribution in [3.05, 3.63) is 118 Å². The molecule has 0 saturated carbocycles. The molecule has 0 saturated heterocycles. The molecule has 0 unspecified atom stereocenters. The van der Waals surface area contributed by atoms with Crippen LogP contribution in [0.1, 0.15) is 16.8 Å². The van der Waals surface area contributed by atoms with Crippen LogP contribution in [0.4, 0.5) is 0 Å². The Kier molecular flexibility index (Phi) is 5.18. The molecule has 1 N–H and O–H groups in total. The van der Waals surface area contributed by atoms with Gasteiger partial charge in [-0.25, -0.2) is 4.98 Å². The fourth-order valence-corrected chi connectivity index (χ4v) is 4.64. The fraction of sp³-hybridized carbons (Fsp3) is 0.0769. The molecular formula is C26H21N3OS. The van der Waals surface area contributed by atoms with Crippen LogP contribution in [0.2, 0.25) is 0 Å². The van der Waals surface area contributed by atoms with Crippen molar-refractivity contribution in [2.45, 2.75) is 23.3 Å². The zero-order valence-corrected chi connectivity index (χ0v) is 17.9. The number of nitrogens with one attached hydrogen (secondary N) is 1. The van der Waals surface area contributed by atoms with Crippen LogP contribution in [0.3, 0.4) is 0 Å². The first kappa shape index (κ1) is 19.4. The van der Waals surface area contributed by atoms with Gasteiger partial charge in [0.15, 0.2) is 5.82 Å². The third-order valence-corrected chi connectivity index (χ3v) is 6.13. The van der Waals surface area contributed by atoms with Crippen molar-refractivity contribution in [1.82, 2.24) is 14.5 Å². The molecule has 31 heavy (non-hydrogen) atoms. The molecule has 152 valence electrons. The van der Waals surface area contributed by atoms with Gasteiger partial charge in [0, 0.05) is 17.5 Å². The van der Waals surface area contributed by atoms with E-state index in [1.54, 1.807) is 16.3 Å². The Hall–Kier alpha value is -3.57. The van der Waals surface area contributed by atoms with Gasteiger partial charge in [0.05, 0.1) is 5.69 Å². The van der Waals surface area contributed by atoms with Crippen LogP contribution in [0, 0.1) is 6.92 Å². The lowest BCUT2D eigenvalue weighted by molar-refractivity contribution is 0.906. The molecule has 0 bridgehead atoms. The number of fused-ring (bicyclic) bond motifs is 1. The molecular weight excluding hydrogens is 402 g/mol. The summed E-state index contributed by atoms with van der Waals surface area (Å²) in [6.45, 7) is 2.08. The number of benzene rings is 3. The second-order valence-electron chi connectivity index (χ2n) is 7.50. The maximum atomic E-state index is 13.3. The summed E-state index contributed by atoms with van der Waals surface area (Å²) >= 11 is 1.59. The molecule has 0 spiro atoms. The lowest BCUT2D eigenvalue weighted by Crippen LogP contribution is -2.16. The molecule has 2 aliphatic heterocycles. The minimum atomic E-state index is -0.0730. The van der Waals surface area contributed by atoms with Crippen LogP contribution in [-0.4, -0.2) is 14.5 Å². The molecule has 0 aromatic heterocycles. The van der Waals surface area contributed by atoms with Gasteiger partial charge in [-0.15, -0.1) is 0 Å². The number of hydrogen-bond acceptors (Lipinski definition) is 3. The summed E-state index contributed by atoms with van der Waals surface area (Å²) in [6.07, 6.45) is 2.37. The van der Waals surface area contributed by atoms with Gasteiger partial charge in [0.25, 0.3) is 5.56 Å². The van der Waals surface area contributed by atoms with Crippen molar-refractivity contribution in [3.8, 4) is 17.1 Å². The summed E-state index contributed by atoms with van der Waals surface area (Å²) in [5, 5.41) is 0.850. The third kappa shape index (κ3) is 4.05. The number of aromatic amines is 1. The van der Waals surface area contributed by atoms with E-state index >= 15 is 0 Å². The van der Waals surface area contributed by atoms with E-state index in [-0.39, 0.29) is 5.56 Å². The van der Waals surface area contributed by atoms with E-state index < -0.39 is 0 Å². The molecule has 5 rings (SSSR count). The van der Waals surface area contributed by atoms with Crippen LogP contribution in [-0.2, 0) is 6.42 Å². The highest BCUT2D eigenvalue weighted by molar-refractivity contribution is 7.99. The van der Waals surface area contributed by atoms with E-state index in [1.165, 1.54) is 5.56 Å². The molecule has 5 heteroatoms. The van der Waals surface area contributed by atoms with Gasteiger partial charge in [-0.3, -0.25) is 9.36 Å². The van der Waals surface area contributed by atoms with E-state index in [1.807, 2.05) is 72.9 Å². The summed E-state index contributed by atoms with van der Waals surface area (Å²) in [5.41, 5.74) is 4.64. The summed E-state index contributed by atoms with van der Waals surface area (Å²) in [7, 11) is 0. The molecule has 3 aromatic rings. The Morgan fingerprint density at radius 1 is 0.935 bits per heavy atom. The predicted octanol–water partition coefficient (Wildman–Crippen LogP) is 5.72. The summed E-state index contributed by atoms with van der Waals surface area (Å²) in [4.78, 5) is 22.6. The smallest absolute Gasteiger partial charge is 0.278 e. The first-order chi connectivity index (χ1) is 15.2. The highest BCUT2D eigenvalue weighted by atomic mass is 32.2. The Bertz CT molecular complexity index is 1360. The van der Waals surface area contributed by atoms with Crippen molar-refractivity contribution >= 4 is 11.8 Å². The summed E-state index contributed by atoms with van der Waals surface area (Å²) in [6, 6.07) is 28.3. The van der Waals surface area contributed by atoms with Crippen molar-refractivity contribution < 1.29 is 0 Å². The van der Waals surface area contributed by atoms with Gasteiger partial charge in [-0.05, 0) is 30.2 Å². The van der Waals surface area contributed by atoms with E-state index in [4.69, 9.17) is 4.98 Å². The number of rotatable bonds is 5. The zero-order valence-electron chi connectivity index (χ0n) is 17.1. The van der Waals surface area contributed by atoms with E-state index in [0.29, 0.717) is 17.9 Å². The highest BCUT2D eigenvalue weighted by Gasteiger charge is 2.21. The second-order valence-corrected chi connectivity index (χ2v) is 8.58. The van der Waals surface area contributed by atoms with Crippen molar-refractivity contribution in [2.75, 3.05) is 0 Å². The van der Waals surface area contributed by atoms with Crippen LogP contribution in [0.15, 0.2) is 106 Å². The molecule has 0 atom stereocenters. The standard InChI is InChI=1S/C26H21N3OS/c1-18-9-8-14-21(15-18)31-25-24-27-22(16-19-10-4-2-5-11-19)26(30)29(24)17-23(28-25)20-12-6-3-7-13-20/h2-15,17,28H,16H2,1H3. The van der Waals surface area contributed by atoms with Gasteiger partial charge in [0.1, 0.15) is 10.7 Å². The van der Waals surface area contributed by atoms with Crippen molar-refractivity contribution in [2.24, 2.45) is 0 Å². The van der Waals surface area contributed by atoms with Gasteiger partial charge in [0.2, 0.25) is 0 Å². The number of aromatic nitrogens is 3. The normalized spacial score (nSPS) is 11.1. The first-order valence-corrected chi connectivity index (χ1v) is 11.0. The van der Waals surface area contributed by atoms with E-state index in [0.717, 1.165) is 26.7 Å². The molecule has 3 aromatic carbocycles. The predicted molar refractivity (Wildman–Crippen MR) is 125 cm³/mol. The van der Waals surface area contributed by atoms with E-state index in [9.17, 15) is 4.79 Å². The van der Waals surface area contributed by atoms with Crippen molar-refractivity contribution in [3.63, 3.8) is 0 Å². The summed E-state index contributed by atoms with van der Waals surface area (Å²) < 4.78 is 1.68. The monoisotopic (exact) mass is 423 g/mol. The zero-order chi connectivity index (χ0) is 21.2. The molecule has 0 radical (unpaired) electrons. The lowest BCUT2D eigenvalue weighted by atomic mass is 10.1. The SMILES string of the molecule is Cc1cccc(Sc2[nH]c(-c3ccccc3)cn3c(=O)c(Cc4ccccc4)nc2-3)c1. The molecule has 0 amide bonds. The number of hydrogen-bond donors (Lipinski definition) is 1. The molecule has 0 fully saturated rings. The Labute approximate surface area is 185 Å². The first-order valence-electron chi connectivity index (χ1n) is 10.2. The number of imidazole rings is 1. The Morgan fingerprint density at radius 2 is 1.68 bits per heavy atom. The average molecular weight is 424 g/mol. The molecule has 2 aliphatic rings. The van der Waals surface area contributed by atoms with Gasteiger partial charge in [-0.2, -0.15) is 0 Å². The van der Waals surface area contributed by atoms with Crippen LogP contribution >= 0.6 is 11.8 Å². The fourth-order valence-electron chi connectivity index (χ4n) is 3.62. The number of H-pyrrole nitrogens is 1. The maximum absolute atomic E-state index is 13.3. The van der Waals surface area contributed by atoms with E-state index in [2.05, 4.69) is 30.1 Å². The Balaban J connectivity index is 1.65. The number of nitrogens with zero attached hydrogens (tertiary/aromatic N) is 2. The quantitative estimate of drug-likeness (QED) is 0.394. The Morgan fingerprint density at radius 3 is 2.42 bits per heavy atom. The molecule has 2 heterocycles.